The molecule has 4 aromatic rings. The van der Waals surface area contributed by atoms with Gasteiger partial charge in [0.05, 0.1) is 10.9 Å². The second-order valence-corrected chi connectivity index (χ2v) is 6.80. The van der Waals surface area contributed by atoms with Crippen LogP contribution >= 0.6 is 0 Å². The molecule has 6 nitrogen and oxygen atoms in total. The lowest BCUT2D eigenvalue weighted by Gasteiger charge is -2.13. The first-order chi connectivity index (χ1) is 15.3. The van der Waals surface area contributed by atoms with E-state index in [1.54, 1.807) is 12.1 Å². The molecule has 0 aliphatic carbocycles. The minimum atomic E-state index is -4.62. The van der Waals surface area contributed by atoms with E-state index in [9.17, 15) is 26.7 Å². The molecule has 2 aromatic heterocycles. The summed E-state index contributed by atoms with van der Waals surface area (Å²) in [6.07, 6.45) is -4.06. The van der Waals surface area contributed by atoms with Crippen molar-refractivity contribution >= 4 is 10.8 Å². The highest BCUT2D eigenvalue weighted by atomic mass is 19.4. The second-order valence-electron chi connectivity index (χ2n) is 6.80. The summed E-state index contributed by atoms with van der Waals surface area (Å²) in [5, 5.41) is 4.40. The zero-order valence-corrected chi connectivity index (χ0v) is 15.8. The van der Waals surface area contributed by atoms with Crippen molar-refractivity contribution in [1.82, 2.24) is 14.8 Å². The van der Waals surface area contributed by atoms with Gasteiger partial charge in [0.2, 0.25) is 18.4 Å². The number of pyridine rings is 1. The Morgan fingerprint density at radius 2 is 1.72 bits per heavy atom. The molecule has 0 saturated heterocycles. The van der Waals surface area contributed by atoms with Gasteiger partial charge in [0.1, 0.15) is 5.69 Å². The summed E-state index contributed by atoms with van der Waals surface area (Å²) in [4.78, 5) is 16.6. The third-order valence-electron chi connectivity index (χ3n) is 4.90. The molecule has 0 amide bonds. The van der Waals surface area contributed by atoms with Gasteiger partial charge in [-0.2, -0.15) is 27.3 Å². The van der Waals surface area contributed by atoms with E-state index < -0.39 is 28.9 Å². The van der Waals surface area contributed by atoms with Crippen molar-refractivity contribution in [2.75, 3.05) is 6.79 Å². The van der Waals surface area contributed by atoms with Gasteiger partial charge in [-0.1, -0.05) is 18.2 Å². The number of nitrogens with zero attached hydrogens (tertiary/aromatic N) is 3. The van der Waals surface area contributed by atoms with Crippen molar-refractivity contribution in [2.24, 2.45) is 0 Å². The molecule has 5 rings (SSSR count). The number of aromatic nitrogens is 3. The lowest BCUT2D eigenvalue weighted by molar-refractivity contribution is -0.137. The third-order valence-corrected chi connectivity index (χ3v) is 4.90. The maximum Gasteiger partial charge on any atom is 0.417 e. The van der Waals surface area contributed by atoms with Crippen LogP contribution in [0.5, 0.6) is 11.5 Å². The fraction of sp³-hybridized carbons (Fsp3) is 0.0952. The number of halogens is 5. The van der Waals surface area contributed by atoms with Crippen LogP contribution in [-0.2, 0) is 6.18 Å². The number of hydrogen-bond donors (Lipinski definition) is 0. The van der Waals surface area contributed by atoms with Crippen molar-refractivity contribution in [3.05, 3.63) is 76.2 Å². The molecule has 0 atom stereocenters. The van der Waals surface area contributed by atoms with Crippen LogP contribution in [0.1, 0.15) is 5.56 Å². The Morgan fingerprint density at radius 1 is 0.969 bits per heavy atom. The molecule has 0 N–H and O–H groups in total. The molecule has 32 heavy (non-hydrogen) atoms. The van der Waals surface area contributed by atoms with E-state index in [0.29, 0.717) is 6.20 Å². The molecule has 2 aromatic carbocycles. The van der Waals surface area contributed by atoms with E-state index in [-0.39, 0.29) is 46.1 Å². The Kier molecular flexibility index (Phi) is 4.36. The molecule has 0 bridgehead atoms. The molecule has 3 heterocycles. The Hall–Kier alpha value is -4.02. The normalized spacial score (nSPS) is 13.0. The SMILES string of the molecule is O=c1c2ccccc2c(-c2cc3c(c(F)c2F)OCO3)nn1-c1ccc(C(F)(F)F)cn1. The molecular formula is C21H10F5N3O3. The highest BCUT2D eigenvalue weighted by molar-refractivity contribution is 5.94. The maximum absolute atomic E-state index is 14.9. The van der Waals surface area contributed by atoms with Crippen LogP contribution in [0.25, 0.3) is 27.8 Å². The smallest absolute Gasteiger partial charge is 0.417 e. The van der Waals surface area contributed by atoms with Crippen LogP contribution in [0.3, 0.4) is 0 Å². The van der Waals surface area contributed by atoms with Crippen molar-refractivity contribution < 1.29 is 31.4 Å². The second kappa shape index (κ2) is 7.01. The minimum Gasteiger partial charge on any atom is -0.453 e. The molecule has 11 heteroatoms. The van der Waals surface area contributed by atoms with Crippen molar-refractivity contribution in [3.8, 4) is 28.6 Å². The van der Waals surface area contributed by atoms with Gasteiger partial charge in [0.15, 0.2) is 17.4 Å². The summed E-state index contributed by atoms with van der Waals surface area (Å²) >= 11 is 0. The fourth-order valence-electron chi connectivity index (χ4n) is 3.37. The molecule has 162 valence electrons. The van der Waals surface area contributed by atoms with Crippen LogP contribution in [0.2, 0.25) is 0 Å². The predicted molar refractivity (Wildman–Crippen MR) is 102 cm³/mol. The monoisotopic (exact) mass is 447 g/mol. The van der Waals surface area contributed by atoms with E-state index in [2.05, 4.69) is 10.1 Å². The molecule has 0 radical (unpaired) electrons. The van der Waals surface area contributed by atoms with Gasteiger partial charge in [0, 0.05) is 17.1 Å². The Morgan fingerprint density at radius 3 is 2.41 bits per heavy atom. The molecule has 1 aliphatic rings. The highest BCUT2D eigenvalue weighted by Crippen LogP contribution is 2.41. The summed E-state index contributed by atoms with van der Waals surface area (Å²) in [6, 6.07) is 8.95. The van der Waals surface area contributed by atoms with Gasteiger partial charge < -0.3 is 9.47 Å². The first-order valence-corrected chi connectivity index (χ1v) is 9.09. The lowest BCUT2D eigenvalue weighted by atomic mass is 10.0. The summed E-state index contributed by atoms with van der Waals surface area (Å²) in [5.74, 6) is -3.22. The Labute approximate surface area is 175 Å². The zero-order chi connectivity index (χ0) is 22.6. The van der Waals surface area contributed by atoms with Gasteiger partial charge in [-0.25, -0.2) is 9.37 Å². The van der Waals surface area contributed by atoms with Gasteiger partial charge in [-0.3, -0.25) is 4.79 Å². The van der Waals surface area contributed by atoms with E-state index in [1.165, 1.54) is 18.2 Å². The third kappa shape index (κ3) is 3.04. The van der Waals surface area contributed by atoms with Crippen molar-refractivity contribution in [2.45, 2.75) is 6.18 Å². The summed E-state index contributed by atoms with van der Waals surface area (Å²) in [5.41, 5.74) is -2.15. The van der Waals surface area contributed by atoms with Crippen LogP contribution in [-0.4, -0.2) is 21.6 Å². The zero-order valence-electron chi connectivity index (χ0n) is 15.8. The summed E-state index contributed by atoms with van der Waals surface area (Å²) in [7, 11) is 0. The molecule has 0 spiro atoms. The molecule has 0 fully saturated rings. The van der Waals surface area contributed by atoms with E-state index in [0.717, 1.165) is 16.8 Å². The topological polar surface area (TPSA) is 66.2 Å². The number of ether oxygens (including phenoxy) is 2. The van der Waals surface area contributed by atoms with E-state index in [1.807, 2.05) is 0 Å². The summed E-state index contributed by atoms with van der Waals surface area (Å²) < 4.78 is 78.8. The predicted octanol–water partition coefficient (Wildman–Crippen LogP) is 4.47. The Balaban J connectivity index is 1.78. The van der Waals surface area contributed by atoms with Crippen LogP contribution < -0.4 is 15.0 Å². The van der Waals surface area contributed by atoms with E-state index in [4.69, 9.17) is 9.47 Å². The molecular weight excluding hydrogens is 437 g/mol. The average molecular weight is 447 g/mol. The molecule has 0 unspecified atom stereocenters. The molecule has 0 saturated carbocycles. The first-order valence-electron chi connectivity index (χ1n) is 9.09. The Bertz CT molecular complexity index is 1430. The van der Waals surface area contributed by atoms with Crippen LogP contribution in [0.15, 0.2) is 53.5 Å². The maximum atomic E-state index is 14.9. The van der Waals surface area contributed by atoms with Gasteiger partial charge in [-0.05, 0) is 24.3 Å². The number of alkyl halides is 3. The highest BCUT2D eigenvalue weighted by Gasteiger charge is 2.31. The van der Waals surface area contributed by atoms with E-state index >= 15 is 0 Å². The minimum absolute atomic E-state index is 0.0461. The standard InChI is InChI=1S/C21H10F5N3O3/c22-16-13(7-14-19(17(16)23)32-9-31-14)18-11-3-1-2-4-12(11)20(30)29(28-18)15-6-5-10(8-27-15)21(24,25)26/h1-8H,9H2. The first kappa shape index (κ1) is 19.9. The average Bonchev–Trinajstić information content (AvgIpc) is 3.25. The number of benzene rings is 2. The van der Waals surface area contributed by atoms with Gasteiger partial charge in [0.25, 0.3) is 5.56 Å². The lowest BCUT2D eigenvalue weighted by Crippen LogP contribution is -2.23. The van der Waals surface area contributed by atoms with Crippen LogP contribution in [0.4, 0.5) is 22.0 Å². The quantitative estimate of drug-likeness (QED) is 0.424. The number of fused-ring (bicyclic) bond motifs is 2. The molecule has 1 aliphatic heterocycles. The number of rotatable bonds is 2. The fourth-order valence-corrected chi connectivity index (χ4v) is 3.37. The number of hydrogen-bond acceptors (Lipinski definition) is 5. The van der Waals surface area contributed by atoms with Crippen molar-refractivity contribution in [3.63, 3.8) is 0 Å². The van der Waals surface area contributed by atoms with Gasteiger partial charge in [-0.15, -0.1) is 0 Å². The largest absolute Gasteiger partial charge is 0.453 e. The van der Waals surface area contributed by atoms with Crippen LogP contribution in [0, 0.1) is 11.6 Å². The van der Waals surface area contributed by atoms with Crippen molar-refractivity contribution in [1.29, 1.82) is 0 Å². The van der Waals surface area contributed by atoms with Gasteiger partial charge >= 0.3 is 6.18 Å². The summed E-state index contributed by atoms with van der Waals surface area (Å²) in [6.45, 7) is -0.293.